The van der Waals surface area contributed by atoms with E-state index in [9.17, 15) is 13.2 Å². The van der Waals surface area contributed by atoms with Crippen molar-refractivity contribution in [3.8, 4) is 11.1 Å². The number of rotatable bonds is 8. The van der Waals surface area contributed by atoms with Crippen LogP contribution < -0.4 is 10.0 Å². The van der Waals surface area contributed by atoms with Gasteiger partial charge in [-0.15, -0.1) is 0 Å². The van der Waals surface area contributed by atoms with Gasteiger partial charge in [0.2, 0.25) is 15.9 Å². The van der Waals surface area contributed by atoms with Gasteiger partial charge in [0.05, 0.1) is 10.4 Å². The molecule has 0 saturated carbocycles. The number of H-pyrrole nitrogens is 1. The molecule has 0 aliphatic carbocycles. The Morgan fingerprint density at radius 3 is 2.33 bits per heavy atom. The summed E-state index contributed by atoms with van der Waals surface area (Å²) < 4.78 is 29.0. The van der Waals surface area contributed by atoms with Crippen LogP contribution in [0.25, 0.3) is 22.0 Å². The maximum atomic E-state index is 13.5. The first-order valence-corrected chi connectivity index (χ1v) is 14.2. The molecule has 1 amide bonds. The van der Waals surface area contributed by atoms with Gasteiger partial charge in [0.15, 0.2) is 5.82 Å². The molecule has 4 aromatic carbocycles. The molecule has 1 atom stereocenters. The Morgan fingerprint density at radius 1 is 0.872 bits per heavy atom. The summed E-state index contributed by atoms with van der Waals surface area (Å²) in [6.07, 6.45) is 0.177. The minimum atomic E-state index is -3.95. The quantitative estimate of drug-likeness (QED) is 0.236. The van der Waals surface area contributed by atoms with Crippen molar-refractivity contribution in [2.75, 3.05) is 5.32 Å². The highest BCUT2D eigenvalue weighted by Gasteiger charge is 2.27. The Morgan fingerprint density at radius 2 is 1.59 bits per heavy atom. The van der Waals surface area contributed by atoms with Crippen LogP contribution in [0, 0.1) is 20.8 Å². The molecule has 0 radical (unpaired) electrons. The standard InChI is InChI=1S/C31H30N4O3S/c1-20-10-14-25(15-11-20)39(37,38)35-29(18-23-7-5-4-6-8-23)31(36)32-30-26-16-13-24(19-28(26)33-34-30)27-17-21(2)9-12-22(27)3/h4-17,19,29,35H,18H2,1-3H3,(H2,32,33,34,36)/t29-/m0/s1. The number of sulfonamides is 1. The van der Waals surface area contributed by atoms with E-state index in [1.54, 1.807) is 12.1 Å². The van der Waals surface area contributed by atoms with E-state index in [1.807, 2.05) is 55.5 Å². The molecular weight excluding hydrogens is 508 g/mol. The first-order valence-electron chi connectivity index (χ1n) is 12.7. The van der Waals surface area contributed by atoms with Gasteiger partial charge in [-0.2, -0.15) is 9.82 Å². The van der Waals surface area contributed by atoms with E-state index in [1.165, 1.54) is 17.7 Å². The molecule has 39 heavy (non-hydrogen) atoms. The third kappa shape index (κ3) is 5.92. The SMILES string of the molecule is Cc1ccc(S(=O)(=O)N[C@@H](Cc2ccccc2)C(=O)Nc2n[nH]c3cc(-c4cc(C)ccc4C)ccc23)cc1. The lowest BCUT2D eigenvalue weighted by molar-refractivity contribution is -0.117. The number of benzene rings is 4. The number of anilines is 1. The number of carbonyl (C=O) groups is 1. The second-order valence-corrected chi connectivity index (χ2v) is 11.5. The van der Waals surface area contributed by atoms with E-state index in [2.05, 4.69) is 52.3 Å². The third-order valence-corrected chi connectivity index (χ3v) is 8.22. The Bertz CT molecular complexity index is 1740. The van der Waals surface area contributed by atoms with Crippen molar-refractivity contribution in [1.29, 1.82) is 0 Å². The molecule has 5 rings (SSSR count). The number of aromatic amines is 1. The molecule has 0 saturated heterocycles. The fraction of sp³-hybridized carbons (Fsp3) is 0.161. The minimum Gasteiger partial charge on any atom is -0.307 e. The van der Waals surface area contributed by atoms with E-state index < -0.39 is 22.0 Å². The van der Waals surface area contributed by atoms with Gasteiger partial charge in [-0.05, 0) is 73.7 Å². The predicted molar refractivity (Wildman–Crippen MR) is 155 cm³/mol. The lowest BCUT2D eigenvalue weighted by Crippen LogP contribution is -2.45. The Labute approximate surface area is 228 Å². The molecule has 0 fully saturated rings. The Hall–Kier alpha value is -4.27. The van der Waals surface area contributed by atoms with E-state index in [4.69, 9.17) is 0 Å². The number of hydrogen-bond donors (Lipinski definition) is 3. The fourth-order valence-corrected chi connectivity index (χ4v) is 5.74. The largest absolute Gasteiger partial charge is 0.307 e. The zero-order valence-electron chi connectivity index (χ0n) is 22.0. The number of nitrogens with zero attached hydrogens (tertiary/aromatic N) is 1. The summed E-state index contributed by atoms with van der Waals surface area (Å²) >= 11 is 0. The number of nitrogens with one attached hydrogen (secondary N) is 3. The smallest absolute Gasteiger partial charge is 0.244 e. The lowest BCUT2D eigenvalue weighted by atomic mass is 9.98. The molecule has 0 aliphatic rings. The number of aromatic nitrogens is 2. The molecule has 8 heteroatoms. The highest BCUT2D eigenvalue weighted by molar-refractivity contribution is 7.89. The summed E-state index contributed by atoms with van der Waals surface area (Å²) in [6.45, 7) is 6.01. The first-order chi connectivity index (χ1) is 18.7. The van der Waals surface area contributed by atoms with Gasteiger partial charge in [0, 0.05) is 5.39 Å². The van der Waals surface area contributed by atoms with Crippen LogP contribution in [0.3, 0.4) is 0 Å². The van der Waals surface area contributed by atoms with Gasteiger partial charge in [-0.1, -0.05) is 77.9 Å². The molecule has 3 N–H and O–H groups in total. The predicted octanol–water partition coefficient (Wildman–Crippen LogP) is 5.68. The topological polar surface area (TPSA) is 104 Å². The van der Waals surface area contributed by atoms with Gasteiger partial charge in [0.1, 0.15) is 6.04 Å². The third-order valence-electron chi connectivity index (χ3n) is 6.74. The van der Waals surface area contributed by atoms with Crippen LogP contribution in [0.5, 0.6) is 0 Å². The van der Waals surface area contributed by atoms with E-state index in [0.29, 0.717) is 5.82 Å². The molecule has 0 unspecified atom stereocenters. The fourth-order valence-electron chi connectivity index (χ4n) is 4.54. The van der Waals surface area contributed by atoms with E-state index in [-0.39, 0.29) is 11.3 Å². The van der Waals surface area contributed by atoms with Crippen LogP contribution in [0.15, 0.2) is 95.9 Å². The second kappa shape index (κ2) is 10.8. The normalized spacial score (nSPS) is 12.4. The summed E-state index contributed by atoms with van der Waals surface area (Å²) in [7, 11) is -3.95. The molecule has 1 heterocycles. The van der Waals surface area contributed by atoms with Crippen molar-refractivity contribution in [3.63, 3.8) is 0 Å². The van der Waals surface area contributed by atoms with Crippen molar-refractivity contribution in [3.05, 3.63) is 113 Å². The minimum absolute atomic E-state index is 0.100. The molecule has 0 spiro atoms. The second-order valence-electron chi connectivity index (χ2n) is 9.82. The average molecular weight is 539 g/mol. The van der Waals surface area contributed by atoms with Crippen LogP contribution in [0.2, 0.25) is 0 Å². The van der Waals surface area contributed by atoms with Crippen LogP contribution >= 0.6 is 0 Å². The first kappa shape index (κ1) is 26.3. The highest BCUT2D eigenvalue weighted by atomic mass is 32.2. The lowest BCUT2D eigenvalue weighted by Gasteiger charge is -2.18. The van der Waals surface area contributed by atoms with Gasteiger partial charge in [0.25, 0.3) is 0 Å². The number of hydrogen-bond acceptors (Lipinski definition) is 4. The molecule has 198 valence electrons. The number of amides is 1. The number of aryl methyl sites for hydroxylation is 3. The van der Waals surface area contributed by atoms with Crippen molar-refractivity contribution >= 4 is 32.7 Å². The summed E-state index contributed by atoms with van der Waals surface area (Å²) in [5.41, 5.74) is 7.04. The van der Waals surface area contributed by atoms with Crippen molar-refractivity contribution in [2.24, 2.45) is 0 Å². The van der Waals surface area contributed by atoms with E-state index in [0.717, 1.165) is 38.7 Å². The summed E-state index contributed by atoms with van der Waals surface area (Å²) in [4.78, 5) is 13.6. The van der Waals surface area contributed by atoms with Crippen molar-refractivity contribution < 1.29 is 13.2 Å². The maximum absolute atomic E-state index is 13.5. The zero-order chi connectivity index (χ0) is 27.6. The maximum Gasteiger partial charge on any atom is 0.244 e. The molecule has 1 aromatic heterocycles. The molecule has 0 aliphatic heterocycles. The molecule has 5 aromatic rings. The van der Waals surface area contributed by atoms with Gasteiger partial charge >= 0.3 is 0 Å². The monoisotopic (exact) mass is 538 g/mol. The zero-order valence-corrected chi connectivity index (χ0v) is 22.8. The molecule has 0 bridgehead atoms. The summed E-state index contributed by atoms with van der Waals surface area (Å²) in [5, 5.41) is 10.9. The van der Waals surface area contributed by atoms with Crippen LogP contribution in [-0.2, 0) is 21.2 Å². The van der Waals surface area contributed by atoms with Crippen LogP contribution in [0.4, 0.5) is 5.82 Å². The van der Waals surface area contributed by atoms with Gasteiger partial charge in [-0.3, -0.25) is 9.89 Å². The average Bonchev–Trinajstić information content (AvgIpc) is 3.32. The van der Waals surface area contributed by atoms with Crippen LogP contribution in [0.1, 0.15) is 22.3 Å². The van der Waals surface area contributed by atoms with E-state index >= 15 is 0 Å². The Balaban J connectivity index is 1.42. The van der Waals surface area contributed by atoms with Crippen molar-refractivity contribution in [2.45, 2.75) is 38.1 Å². The van der Waals surface area contributed by atoms with Crippen molar-refractivity contribution in [1.82, 2.24) is 14.9 Å². The van der Waals surface area contributed by atoms with Gasteiger partial charge < -0.3 is 5.32 Å². The highest BCUT2D eigenvalue weighted by Crippen LogP contribution is 2.30. The Kier molecular flexibility index (Phi) is 7.32. The van der Waals surface area contributed by atoms with Gasteiger partial charge in [-0.25, -0.2) is 8.42 Å². The van der Waals surface area contributed by atoms with Crippen LogP contribution in [-0.4, -0.2) is 30.6 Å². The molecular formula is C31H30N4O3S. The summed E-state index contributed by atoms with van der Waals surface area (Å²) in [6, 6.07) is 27.0. The number of carbonyl (C=O) groups excluding carboxylic acids is 1. The molecule has 7 nitrogen and oxygen atoms in total. The number of fused-ring (bicyclic) bond motifs is 1. The summed E-state index contributed by atoms with van der Waals surface area (Å²) in [5.74, 6) is -0.156.